The van der Waals surface area contributed by atoms with Crippen molar-refractivity contribution in [2.24, 2.45) is 0 Å². The molecule has 0 atom stereocenters. The Morgan fingerprint density at radius 1 is 1.16 bits per heavy atom. The third-order valence-electron chi connectivity index (χ3n) is 4.09. The monoisotopic (exact) mass is 386 g/mol. The topological polar surface area (TPSA) is 83.6 Å². The van der Waals surface area contributed by atoms with Crippen LogP contribution in [0.1, 0.15) is 32.1 Å². The Bertz CT molecular complexity index is 704. The van der Waals surface area contributed by atoms with Crippen LogP contribution in [0, 0.1) is 0 Å². The molecule has 0 saturated carbocycles. The van der Waals surface area contributed by atoms with E-state index in [0.29, 0.717) is 31.0 Å². The molecule has 138 valence electrons. The van der Waals surface area contributed by atoms with E-state index >= 15 is 0 Å². The highest BCUT2D eigenvalue weighted by Gasteiger charge is 2.19. The van der Waals surface area contributed by atoms with Crippen LogP contribution < -0.4 is 5.32 Å². The van der Waals surface area contributed by atoms with E-state index in [0.717, 1.165) is 25.8 Å². The van der Waals surface area contributed by atoms with Gasteiger partial charge in [-0.15, -0.1) is 0 Å². The molecule has 1 aromatic rings. The number of benzene rings is 1. The lowest BCUT2D eigenvalue weighted by atomic mass is 10.2. The molecule has 0 bridgehead atoms. The van der Waals surface area contributed by atoms with E-state index in [4.69, 9.17) is 11.6 Å². The molecule has 1 aromatic carbocycles. The van der Waals surface area contributed by atoms with E-state index in [-0.39, 0.29) is 10.8 Å². The smallest absolute Gasteiger partial charge is 0.235 e. The van der Waals surface area contributed by atoms with Crippen molar-refractivity contribution in [2.45, 2.75) is 37.0 Å². The lowest BCUT2D eigenvalue weighted by Gasteiger charge is -2.20. The predicted molar refractivity (Wildman–Crippen MR) is 96.2 cm³/mol. The SMILES string of the molecule is O=C(CS(=O)(=O)c1ccc(Cl)cc1)NCCCN1CCCCCC1=O. The molecule has 25 heavy (non-hydrogen) atoms. The Labute approximate surface area is 153 Å². The van der Waals surface area contributed by atoms with E-state index < -0.39 is 21.5 Å². The molecular formula is C17H23ClN2O4S. The molecule has 1 heterocycles. The van der Waals surface area contributed by atoms with Crippen LogP contribution in [0.5, 0.6) is 0 Å². The minimum atomic E-state index is -3.68. The summed E-state index contributed by atoms with van der Waals surface area (Å²) in [6.07, 6.45) is 4.22. The molecule has 2 rings (SSSR count). The van der Waals surface area contributed by atoms with Crippen LogP contribution in [-0.4, -0.2) is 50.5 Å². The van der Waals surface area contributed by atoms with Gasteiger partial charge >= 0.3 is 0 Å². The van der Waals surface area contributed by atoms with Crippen molar-refractivity contribution in [3.05, 3.63) is 29.3 Å². The first kappa shape index (κ1) is 19.7. The summed E-state index contributed by atoms with van der Waals surface area (Å²) in [4.78, 5) is 25.6. The molecule has 8 heteroatoms. The van der Waals surface area contributed by atoms with Gasteiger partial charge in [0, 0.05) is 31.1 Å². The van der Waals surface area contributed by atoms with Gasteiger partial charge in [-0.25, -0.2) is 8.42 Å². The van der Waals surface area contributed by atoms with Crippen molar-refractivity contribution in [3.63, 3.8) is 0 Å². The predicted octanol–water partition coefficient (Wildman–Crippen LogP) is 2.02. The Morgan fingerprint density at radius 3 is 2.60 bits per heavy atom. The van der Waals surface area contributed by atoms with E-state index in [9.17, 15) is 18.0 Å². The highest BCUT2D eigenvalue weighted by Crippen LogP contribution is 2.15. The molecule has 1 saturated heterocycles. The number of halogens is 1. The Morgan fingerprint density at radius 2 is 1.88 bits per heavy atom. The lowest BCUT2D eigenvalue weighted by molar-refractivity contribution is -0.130. The Balaban J connectivity index is 1.74. The first-order chi connectivity index (χ1) is 11.9. The summed E-state index contributed by atoms with van der Waals surface area (Å²) in [5.41, 5.74) is 0. The molecular weight excluding hydrogens is 364 g/mol. The number of likely N-dealkylation sites (tertiary alicyclic amines) is 1. The average Bonchev–Trinajstić information content (AvgIpc) is 2.76. The van der Waals surface area contributed by atoms with Crippen molar-refractivity contribution >= 4 is 33.3 Å². The van der Waals surface area contributed by atoms with Crippen molar-refractivity contribution < 1.29 is 18.0 Å². The number of amides is 2. The standard InChI is InChI=1S/C17H23ClN2O4S/c18-14-6-8-15(9-7-14)25(23,24)13-16(21)19-10-4-12-20-11-3-1-2-5-17(20)22/h6-9H,1-5,10-13H2,(H,19,21). The van der Waals surface area contributed by atoms with Gasteiger partial charge in [0.2, 0.25) is 11.8 Å². The van der Waals surface area contributed by atoms with Crippen LogP contribution in [0.15, 0.2) is 29.2 Å². The second-order valence-corrected chi connectivity index (χ2v) is 8.53. The molecule has 6 nitrogen and oxygen atoms in total. The maximum atomic E-state index is 12.2. The number of rotatable bonds is 7. The fourth-order valence-corrected chi connectivity index (χ4v) is 4.01. The summed E-state index contributed by atoms with van der Waals surface area (Å²) in [5, 5.41) is 3.04. The normalized spacial score (nSPS) is 15.7. The minimum Gasteiger partial charge on any atom is -0.355 e. The number of sulfone groups is 1. The largest absolute Gasteiger partial charge is 0.355 e. The van der Waals surface area contributed by atoms with Crippen LogP contribution >= 0.6 is 11.6 Å². The van der Waals surface area contributed by atoms with Gasteiger partial charge in [0.15, 0.2) is 9.84 Å². The summed E-state index contributed by atoms with van der Waals surface area (Å²) in [6.45, 7) is 1.69. The number of hydrogen-bond donors (Lipinski definition) is 1. The first-order valence-corrected chi connectivity index (χ1v) is 10.4. The van der Waals surface area contributed by atoms with Crippen molar-refractivity contribution in [3.8, 4) is 0 Å². The van der Waals surface area contributed by atoms with Crippen LogP contribution in [0.3, 0.4) is 0 Å². The van der Waals surface area contributed by atoms with Gasteiger partial charge in [0.25, 0.3) is 0 Å². The quantitative estimate of drug-likeness (QED) is 0.726. The van der Waals surface area contributed by atoms with Crippen molar-refractivity contribution in [1.29, 1.82) is 0 Å². The fourth-order valence-electron chi connectivity index (χ4n) is 2.72. The highest BCUT2D eigenvalue weighted by atomic mass is 35.5. The molecule has 2 amide bonds. The molecule has 0 aromatic heterocycles. The molecule has 0 radical (unpaired) electrons. The van der Waals surface area contributed by atoms with Crippen LogP contribution in [-0.2, 0) is 19.4 Å². The number of nitrogens with zero attached hydrogens (tertiary/aromatic N) is 1. The van der Waals surface area contributed by atoms with E-state index in [1.165, 1.54) is 24.3 Å². The van der Waals surface area contributed by atoms with Gasteiger partial charge in [-0.2, -0.15) is 0 Å². The fraction of sp³-hybridized carbons (Fsp3) is 0.529. The van der Waals surface area contributed by atoms with E-state index in [1.54, 1.807) is 0 Å². The number of carbonyl (C=O) groups excluding carboxylic acids is 2. The van der Waals surface area contributed by atoms with Gasteiger partial charge in [-0.3, -0.25) is 9.59 Å². The zero-order chi connectivity index (χ0) is 18.3. The molecule has 1 fully saturated rings. The summed E-state index contributed by atoms with van der Waals surface area (Å²) < 4.78 is 24.3. The maximum absolute atomic E-state index is 12.2. The Hall–Kier alpha value is -1.60. The first-order valence-electron chi connectivity index (χ1n) is 8.41. The zero-order valence-electron chi connectivity index (χ0n) is 14.0. The molecule has 0 aliphatic carbocycles. The number of hydrogen-bond acceptors (Lipinski definition) is 4. The van der Waals surface area contributed by atoms with Gasteiger partial charge in [0.1, 0.15) is 5.75 Å². The summed E-state index contributed by atoms with van der Waals surface area (Å²) in [6, 6.07) is 5.72. The van der Waals surface area contributed by atoms with Crippen LogP contribution in [0.25, 0.3) is 0 Å². The average molecular weight is 387 g/mol. The van der Waals surface area contributed by atoms with E-state index in [2.05, 4.69) is 5.32 Å². The zero-order valence-corrected chi connectivity index (χ0v) is 15.6. The molecule has 1 aliphatic rings. The van der Waals surface area contributed by atoms with Crippen LogP contribution in [0.4, 0.5) is 0 Å². The molecule has 0 spiro atoms. The summed E-state index contributed by atoms with van der Waals surface area (Å²) in [5.74, 6) is -0.983. The maximum Gasteiger partial charge on any atom is 0.235 e. The molecule has 0 unspecified atom stereocenters. The van der Waals surface area contributed by atoms with Crippen LogP contribution in [0.2, 0.25) is 5.02 Å². The Kier molecular flexibility index (Phi) is 7.25. The second-order valence-electron chi connectivity index (χ2n) is 6.11. The molecule has 1 N–H and O–H groups in total. The highest BCUT2D eigenvalue weighted by molar-refractivity contribution is 7.92. The third kappa shape index (κ3) is 6.32. The number of nitrogens with one attached hydrogen (secondary N) is 1. The minimum absolute atomic E-state index is 0.0715. The van der Waals surface area contributed by atoms with E-state index in [1.807, 2.05) is 4.90 Å². The lowest BCUT2D eigenvalue weighted by Crippen LogP contribution is -2.35. The molecule has 1 aliphatic heterocycles. The van der Waals surface area contributed by atoms with Gasteiger partial charge in [-0.05, 0) is 43.5 Å². The third-order valence-corrected chi connectivity index (χ3v) is 5.98. The summed E-state index contributed by atoms with van der Waals surface area (Å²) >= 11 is 5.73. The van der Waals surface area contributed by atoms with Gasteiger partial charge in [0.05, 0.1) is 4.90 Å². The van der Waals surface area contributed by atoms with Crippen molar-refractivity contribution in [2.75, 3.05) is 25.4 Å². The summed E-state index contributed by atoms with van der Waals surface area (Å²) in [7, 11) is -3.68. The van der Waals surface area contributed by atoms with Crippen molar-refractivity contribution in [1.82, 2.24) is 10.2 Å². The second kappa shape index (κ2) is 9.20. The van der Waals surface area contributed by atoms with Gasteiger partial charge < -0.3 is 10.2 Å². The number of carbonyl (C=O) groups is 2. The van der Waals surface area contributed by atoms with Gasteiger partial charge in [-0.1, -0.05) is 18.0 Å².